The molecular formula is C48H28N2. The van der Waals surface area contributed by atoms with Gasteiger partial charge in [0.05, 0.1) is 32.9 Å². The minimum atomic E-state index is -0.497. The van der Waals surface area contributed by atoms with Gasteiger partial charge in [-0.15, -0.1) is 0 Å². The van der Waals surface area contributed by atoms with Crippen LogP contribution in [0.4, 0.5) is 0 Å². The average molecular weight is 633 g/mol. The molecule has 2 aromatic heterocycles. The Morgan fingerprint density at radius 3 is 0.900 bits per heavy atom. The van der Waals surface area contributed by atoms with E-state index in [0.717, 1.165) is 0 Å². The third-order valence-corrected chi connectivity index (χ3v) is 12.6. The van der Waals surface area contributed by atoms with Crippen molar-refractivity contribution >= 4 is 54.4 Å². The molecular weight excluding hydrogens is 605 g/mol. The van der Waals surface area contributed by atoms with Gasteiger partial charge in [0.15, 0.2) is 0 Å². The normalized spacial score (nSPS) is 19.4. The molecule has 230 valence electrons. The van der Waals surface area contributed by atoms with Crippen LogP contribution in [0.25, 0.3) is 65.8 Å². The maximum atomic E-state index is 2.50. The zero-order valence-electron chi connectivity index (χ0n) is 27.1. The Bertz CT molecular complexity index is 2810. The van der Waals surface area contributed by atoms with E-state index in [9.17, 15) is 0 Å². The Balaban J connectivity index is 1.36. The Kier molecular flexibility index (Phi) is 4.31. The van der Waals surface area contributed by atoms with Crippen molar-refractivity contribution in [3.8, 4) is 11.4 Å². The van der Waals surface area contributed by atoms with Crippen LogP contribution in [0, 0.1) is 0 Å². The molecule has 2 nitrogen and oxygen atoms in total. The van der Waals surface area contributed by atoms with Crippen molar-refractivity contribution < 1.29 is 0 Å². The highest BCUT2D eigenvalue weighted by molar-refractivity contribution is 6.23. The molecule has 2 heterocycles. The van der Waals surface area contributed by atoms with Crippen LogP contribution in [-0.2, 0) is 10.8 Å². The van der Waals surface area contributed by atoms with E-state index in [2.05, 4.69) is 179 Å². The molecule has 0 aliphatic heterocycles. The maximum Gasteiger partial charge on any atom is 0.0649 e. The molecule has 0 atom stereocenters. The lowest BCUT2D eigenvalue weighted by atomic mass is 9.45. The number of nitrogens with zero attached hydrogens (tertiary/aromatic N) is 2. The summed E-state index contributed by atoms with van der Waals surface area (Å²) in [5, 5.41) is 8.21. The molecule has 50 heavy (non-hydrogen) atoms. The van der Waals surface area contributed by atoms with Crippen molar-refractivity contribution in [2.24, 2.45) is 0 Å². The minimum Gasteiger partial charge on any atom is -0.309 e. The number of rotatable bonds is 2. The minimum absolute atomic E-state index is 0.497. The maximum absolute atomic E-state index is 2.50. The lowest BCUT2D eigenvalue weighted by Crippen LogP contribution is -2.52. The monoisotopic (exact) mass is 632 g/mol. The van der Waals surface area contributed by atoms with E-state index in [1.165, 1.54) is 99.1 Å². The SMILES string of the molecule is c1ccc(-n2c3cccc4c3c3c(cccc32)C23c5cccc6cccc(c56)C42c2cccc4c2c2c3cccc2n4-c2ccccc2)cc1. The fourth-order valence-corrected chi connectivity index (χ4v) is 11.2. The van der Waals surface area contributed by atoms with Crippen LogP contribution in [0.3, 0.4) is 0 Å². The second-order valence-corrected chi connectivity index (χ2v) is 14.3. The van der Waals surface area contributed by atoms with Crippen molar-refractivity contribution in [3.05, 3.63) is 203 Å². The quantitative estimate of drug-likeness (QED) is 0.179. The Morgan fingerprint density at radius 2 is 0.560 bits per heavy atom. The molecule has 10 aromatic rings. The van der Waals surface area contributed by atoms with Crippen LogP contribution in [0.5, 0.6) is 0 Å². The molecule has 0 radical (unpaired) electrons. The van der Waals surface area contributed by atoms with Gasteiger partial charge in [-0.3, -0.25) is 0 Å². The van der Waals surface area contributed by atoms with Gasteiger partial charge in [0.1, 0.15) is 0 Å². The highest BCUT2D eigenvalue weighted by Gasteiger charge is 2.67. The van der Waals surface area contributed by atoms with Gasteiger partial charge < -0.3 is 9.13 Å². The van der Waals surface area contributed by atoms with Crippen molar-refractivity contribution in [2.75, 3.05) is 0 Å². The van der Waals surface area contributed by atoms with Crippen LogP contribution in [0.15, 0.2) is 170 Å². The van der Waals surface area contributed by atoms with Crippen LogP contribution in [0.1, 0.15) is 33.4 Å². The molecule has 3 aliphatic rings. The Morgan fingerprint density at radius 1 is 0.260 bits per heavy atom. The fourth-order valence-electron chi connectivity index (χ4n) is 11.2. The van der Waals surface area contributed by atoms with Gasteiger partial charge >= 0.3 is 0 Å². The summed E-state index contributed by atoms with van der Waals surface area (Å²) in [6.45, 7) is 0. The van der Waals surface area contributed by atoms with Crippen molar-refractivity contribution in [1.82, 2.24) is 9.13 Å². The summed E-state index contributed by atoms with van der Waals surface area (Å²) >= 11 is 0. The Hall–Kier alpha value is -6.38. The number of benzene rings is 8. The van der Waals surface area contributed by atoms with Gasteiger partial charge in [-0.2, -0.15) is 0 Å². The number of hydrogen-bond donors (Lipinski definition) is 0. The molecule has 8 aromatic carbocycles. The summed E-state index contributed by atoms with van der Waals surface area (Å²) < 4.78 is 5.00. The lowest BCUT2D eigenvalue weighted by molar-refractivity contribution is 0.447. The van der Waals surface area contributed by atoms with E-state index in [1.807, 2.05) is 0 Å². The second kappa shape index (κ2) is 8.42. The molecule has 0 N–H and O–H groups in total. The third kappa shape index (κ3) is 2.47. The molecule has 0 bridgehead atoms. The topological polar surface area (TPSA) is 9.86 Å². The highest BCUT2D eigenvalue weighted by Crippen LogP contribution is 2.73. The van der Waals surface area contributed by atoms with Crippen molar-refractivity contribution in [1.29, 1.82) is 0 Å². The molecule has 0 spiro atoms. The smallest absolute Gasteiger partial charge is 0.0649 e. The summed E-state index contributed by atoms with van der Waals surface area (Å²) in [6.07, 6.45) is 0. The van der Waals surface area contributed by atoms with Crippen molar-refractivity contribution in [2.45, 2.75) is 10.8 Å². The fraction of sp³-hybridized carbons (Fsp3) is 0.0417. The van der Waals surface area contributed by atoms with E-state index in [0.29, 0.717) is 0 Å². The second-order valence-electron chi connectivity index (χ2n) is 14.3. The molecule has 0 saturated carbocycles. The molecule has 13 rings (SSSR count). The first-order valence-corrected chi connectivity index (χ1v) is 17.6. The summed E-state index contributed by atoms with van der Waals surface area (Å²) in [5.74, 6) is 0. The standard InChI is InChI=1S/C48H28N2/c1-3-15-30(16-4-1)49-38-25-9-21-34-43(38)44-35(22-10-26-39(44)49)48-33-20-8-14-29-13-7-19-32(42(29)33)47(34,48)36-23-11-27-40-45(36)46-37(48)24-12-28-41(46)50(40)31-17-5-2-6-18-31/h1-28H. The number of para-hydroxylation sites is 2. The van der Waals surface area contributed by atoms with E-state index in [4.69, 9.17) is 0 Å². The van der Waals surface area contributed by atoms with Crippen molar-refractivity contribution in [3.63, 3.8) is 0 Å². The van der Waals surface area contributed by atoms with Crippen LogP contribution >= 0.6 is 0 Å². The summed E-state index contributed by atoms with van der Waals surface area (Å²) in [6, 6.07) is 64.4. The summed E-state index contributed by atoms with van der Waals surface area (Å²) in [5.41, 5.74) is 14.9. The Labute approximate surface area is 288 Å². The predicted molar refractivity (Wildman–Crippen MR) is 205 cm³/mol. The van der Waals surface area contributed by atoms with Gasteiger partial charge in [0, 0.05) is 32.9 Å². The largest absolute Gasteiger partial charge is 0.309 e. The summed E-state index contributed by atoms with van der Waals surface area (Å²) in [7, 11) is 0. The van der Waals surface area contributed by atoms with Gasteiger partial charge in [0.2, 0.25) is 0 Å². The molecule has 0 fully saturated rings. The number of aromatic nitrogens is 2. The van der Waals surface area contributed by atoms with Gasteiger partial charge in [0.25, 0.3) is 0 Å². The summed E-state index contributed by atoms with van der Waals surface area (Å²) in [4.78, 5) is 0. The zero-order valence-corrected chi connectivity index (χ0v) is 27.1. The molecule has 0 unspecified atom stereocenters. The zero-order chi connectivity index (χ0) is 32.3. The first kappa shape index (κ1) is 25.6. The molecule has 3 aliphatic carbocycles. The highest BCUT2D eigenvalue weighted by atomic mass is 15.0. The predicted octanol–water partition coefficient (Wildman–Crippen LogP) is 11.3. The average Bonchev–Trinajstić information content (AvgIpc) is 3.80. The van der Waals surface area contributed by atoms with Crippen LogP contribution in [0.2, 0.25) is 0 Å². The van der Waals surface area contributed by atoms with E-state index in [-0.39, 0.29) is 0 Å². The molecule has 2 heteroatoms. The third-order valence-electron chi connectivity index (χ3n) is 12.6. The van der Waals surface area contributed by atoms with Gasteiger partial charge in [-0.05, 0) is 92.7 Å². The lowest BCUT2D eigenvalue weighted by Gasteiger charge is -2.54. The van der Waals surface area contributed by atoms with Gasteiger partial charge in [-0.25, -0.2) is 0 Å². The van der Waals surface area contributed by atoms with E-state index >= 15 is 0 Å². The van der Waals surface area contributed by atoms with Gasteiger partial charge in [-0.1, -0.05) is 121 Å². The molecule has 0 saturated heterocycles. The number of hydrogen-bond acceptors (Lipinski definition) is 0. The van der Waals surface area contributed by atoms with Crippen LogP contribution in [-0.4, -0.2) is 9.13 Å². The van der Waals surface area contributed by atoms with E-state index in [1.54, 1.807) is 0 Å². The van der Waals surface area contributed by atoms with E-state index < -0.39 is 10.8 Å². The molecule has 0 amide bonds. The first-order valence-electron chi connectivity index (χ1n) is 17.6. The first-order chi connectivity index (χ1) is 24.8. The van der Waals surface area contributed by atoms with Crippen LogP contribution < -0.4 is 0 Å².